The molecule has 1 aromatic heterocycles. The number of carbonyl (C=O) groups excluding carboxylic acids is 1. The van der Waals surface area contributed by atoms with Gasteiger partial charge in [0.15, 0.2) is 5.70 Å². The number of nitrogens with two attached hydrogens (primary N) is 1. The molecule has 3 aromatic rings. The van der Waals surface area contributed by atoms with Crippen molar-refractivity contribution in [3.05, 3.63) is 106 Å². The second-order valence-electron chi connectivity index (χ2n) is 10.6. The van der Waals surface area contributed by atoms with Crippen molar-refractivity contribution in [2.75, 3.05) is 0 Å². The summed E-state index contributed by atoms with van der Waals surface area (Å²) in [5.41, 5.74) is 13.1. The molecule has 2 aliphatic heterocycles. The molecule has 10 heteroatoms. The SMILES string of the molecule is CC1=CC(C)=[N+]2C1=C(c1ccccc1)c1c(C)cc(C)n1[B-]2(F)Oc1ccc(COC(=O)CCC(N)C(=O)O)cc1. The maximum Gasteiger partial charge on any atom is 0.758 e. The van der Waals surface area contributed by atoms with Crippen LogP contribution in [0.5, 0.6) is 5.75 Å². The molecule has 3 heterocycles. The predicted octanol–water partition coefficient (Wildman–Crippen LogP) is 4.88. The molecule has 212 valence electrons. The topological polar surface area (TPSA) is 107 Å². The summed E-state index contributed by atoms with van der Waals surface area (Å²) in [7, 11) is 0. The lowest BCUT2D eigenvalue weighted by Gasteiger charge is -2.39. The van der Waals surface area contributed by atoms with Crippen LogP contribution >= 0.6 is 0 Å². The highest BCUT2D eigenvalue weighted by Gasteiger charge is 2.57. The Kier molecular flexibility index (Phi) is 7.44. The number of esters is 1. The van der Waals surface area contributed by atoms with E-state index in [-0.39, 0.29) is 19.4 Å². The number of hydrogen-bond donors (Lipinski definition) is 2. The van der Waals surface area contributed by atoms with E-state index in [4.69, 9.17) is 20.2 Å². The molecule has 0 aliphatic carbocycles. The molecule has 41 heavy (non-hydrogen) atoms. The van der Waals surface area contributed by atoms with Crippen LogP contribution in [0.4, 0.5) is 4.32 Å². The van der Waals surface area contributed by atoms with Crippen molar-refractivity contribution in [2.45, 2.75) is 53.2 Å². The van der Waals surface area contributed by atoms with Gasteiger partial charge in [0.25, 0.3) is 0 Å². The van der Waals surface area contributed by atoms with E-state index in [0.29, 0.717) is 11.3 Å². The molecular weight excluding hydrogens is 524 g/mol. The Labute approximate surface area is 238 Å². The lowest BCUT2D eigenvalue weighted by Crippen LogP contribution is -2.59. The first kappa shape index (κ1) is 28.1. The average Bonchev–Trinajstić information content (AvgIpc) is 3.42. The zero-order valence-electron chi connectivity index (χ0n) is 23.6. The minimum atomic E-state index is -3.27. The normalized spacial score (nSPS) is 18.5. The fourth-order valence-electron chi connectivity index (χ4n) is 5.77. The highest BCUT2D eigenvalue weighted by molar-refractivity contribution is 6.60. The van der Waals surface area contributed by atoms with Gasteiger partial charge in [0.05, 0.1) is 11.3 Å². The third-order valence-corrected chi connectivity index (χ3v) is 7.60. The number of benzene rings is 2. The van der Waals surface area contributed by atoms with Crippen LogP contribution in [0, 0.1) is 13.8 Å². The molecule has 2 aromatic carbocycles. The molecule has 0 amide bonds. The number of fused-ring (bicyclic) bond motifs is 2. The predicted molar refractivity (Wildman–Crippen MR) is 155 cm³/mol. The third kappa shape index (κ3) is 5.11. The molecule has 0 saturated carbocycles. The minimum Gasteiger partial charge on any atom is -0.609 e. The van der Waals surface area contributed by atoms with Crippen molar-refractivity contribution in [3.63, 3.8) is 0 Å². The maximum absolute atomic E-state index is 17.7. The summed E-state index contributed by atoms with van der Waals surface area (Å²) in [6.07, 6.45) is 1.88. The first-order chi connectivity index (χ1) is 19.5. The number of hydrogen-bond acceptors (Lipinski definition) is 5. The van der Waals surface area contributed by atoms with E-state index in [1.165, 1.54) is 0 Å². The van der Waals surface area contributed by atoms with E-state index in [2.05, 4.69) is 0 Å². The van der Waals surface area contributed by atoms with E-state index in [0.717, 1.165) is 45.1 Å². The summed E-state index contributed by atoms with van der Waals surface area (Å²) in [6, 6.07) is 17.6. The molecule has 5 rings (SSSR count). The Morgan fingerprint density at radius 1 is 1.07 bits per heavy atom. The van der Waals surface area contributed by atoms with E-state index in [1.807, 2.05) is 70.2 Å². The van der Waals surface area contributed by atoms with E-state index >= 15 is 4.32 Å². The second kappa shape index (κ2) is 10.9. The number of rotatable bonds is 9. The number of allylic oxidation sites excluding steroid dienone is 2. The average molecular weight is 557 g/mol. The summed E-state index contributed by atoms with van der Waals surface area (Å²) in [5, 5.41) is 8.85. The van der Waals surface area contributed by atoms with Crippen LogP contribution < -0.4 is 10.4 Å². The fraction of sp³-hybridized carbons (Fsp3) is 0.258. The van der Waals surface area contributed by atoms with Crippen molar-refractivity contribution in [3.8, 4) is 5.75 Å². The summed E-state index contributed by atoms with van der Waals surface area (Å²) in [6.45, 7) is 4.47. The zero-order valence-corrected chi connectivity index (χ0v) is 23.6. The Balaban J connectivity index is 1.44. The van der Waals surface area contributed by atoms with Crippen LogP contribution in [-0.4, -0.2) is 44.7 Å². The number of ether oxygens (including phenoxy) is 1. The van der Waals surface area contributed by atoms with Gasteiger partial charge in [-0.05, 0) is 67.8 Å². The molecule has 2 unspecified atom stereocenters. The number of nitrogens with zero attached hydrogens (tertiary/aromatic N) is 2. The Morgan fingerprint density at radius 3 is 2.41 bits per heavy atom. The van der Waals surface area contributed by atoms with Gasteiger partial charge in [0.1, 0.15) is 18.4 Å². The smallest absolute Gasteiger partial charge is 0.609 e. The monoisotopic (exact) mass is 557 g/mol. The lowest BCUT2D eigenvalue weighted by atomic mass is 9.81. The molecule has 0 fully saturated rings. The van der Waals surface area contributed by atoms with Gasteiger partial charge in [-0.2, -0.15) is 0 Å². The van der Waals surface area contributed by atoms with Crippen LogP contribution in [0.2, 0.25) is 0 Å². The number of aryl methyl sites for hydroxylation is 2. The second-order valence-corrected chi connectivity index (χ2v) is 10.6. The number of carbonyl (C=O) groups is 2. The number of halogens is 1. The Bertz CT molecular complexity index is 1630. The minimum absolute atomic E-state index is 0.00836. The summed E-state index contributed by atoms with van der Waals surface area (Å²) >= 11 is 0. The van der Waals surface area contributed by atoms with Gasteiger partial charge in [0, 0.05) is 30.7 Å². The summed E-state index contributed by atoms with van der Waals surface area (Å²) in [4.78, 5) is 22.8. The lowest BCUT2D eigenvalue weighted by molar-refractivity contribution is -0.367. The number of carboxylic acid groups (broad SMARTS) is 1. The zero-order chi connectivity index (χ0) is 29.5. The van der Waals surface area contributed by atoms with Crippen molar-refractivity contribution in [1.82, 2.24) is 4.48 Å². The maximum atomic E-state index is 17.7. The van der Waals surface area contributed by atoms with Crippen molar-refractivity contribution >= 4 is 30.1 Å². The van der Waals surface area contributed by atoms with Crippen molar-refractivity contribution < 1.29 is 32.9 Å². The molecule has 0 radical (unpaired) electrons. The summed E-state index contributed by atoms with van der Waals surface area (Å²) < 4.78 is 32.5. The molecule has 0 saturated heterocycles. The van der Waals surface area contributed by atoms with Crippen LogP contribution in [0.3, 0.4) is 0 Å². The van der Waals surface area contributed by atoms with Crippen LogP contribution in [0.1, 0.15) is 54.8 Å². The van der Waals surface area contributed by atoms with Gasteiger partial charge in [-0.1, -0.05) is 42.5 Å². The van der Waals surface area contributed by atoms with Crippen molar-refractivity contribution in [2.24, 2.45) is 5.73 Å². The highest BCUT2D eigenvalue weighted by atomic mass is 19.1. The molecule has 2 aliphatic rings. The van der Waals surface area contributed by atoms with E-state index < -0.39 is 24.9 Å². The van der Waals surface area contributed by atoms with Crippen LogP contribution in [0.25, 0.3) is 5.57 Å². The molecular formula is C31H33BFN3O5. The Morgan fingerprint density at radius 2 is 1.76 bits per heavy atom. The van der Waals surface area contributed by atoms with E-state index in [1.54, 1.807) is 33.2 Å². The third-order valence-electron chi connectivity index (χ3n) is 7.60. The molecule has 3 N–H and O–H groups in total. The quantitative estimate of drug-likeness (QED) is 0.287. The van der Waals surface area contributed by atoms with Gasteiger partial charge in [-0.15, -0.1) is 0 Å². The van der Waals surface area contributed by atoms with Gasteiger partial charge in [-0.3, -0.25) is 9.59 Å². The standard InChI is InChI=1S/C31H33BFN3O5/c1-19-16-21(3)35-29(19)28(24-8-6-5-7-9-24)30-20(2)17-22(4)36(30)32(35,33)41-25-12-10-23(11-13-25)18-40-27(37)15-14-26(34)31(38)39/h5-13,16-17,26H,14-15,18,34H2,1-4H3,(H,38,39). The van der Waals surface area contributed by atoms with Gasteiger partial charge in [0.2, 0.25) is 0 Å². The van der Waals surface area contributed by atoms with E-state index in [9.17, 15) is 9.59 Å². The first-order valence-corrected chi connectivity index (χ1v) is 13.6. The Hall–Kier alpha value is -4.44. The number of carboxylic acids is 1. The van der Waals surface area contributed by atoms with Crippen LogP contribution in [0.15, 0.2) is 78.0 Å². The first-order valence-electron chi connectivity index (χ1n) is 13.6. The summed E-state index contributed by atoms with van der Waals surface area (Å²) in [5.74, 6) is -1.38. The van der Waals surface area contributed by atoms with Crippen molar-refractivity contribution in [1.29, 1.82) is 0 Å². The highest BCUT2D eigenvalue weighted by Crippen LogP contribution is 2.44. The van der Waals surface area contributed by atoms with Gasteiger partial charge < -0.3 is 33.5 Å². The molecule has 2 atom stereocenters. The number of aromatic nitrogens is 1. The fourth-order valence-corrected chi connectivity index (χ4v) is 5.77. The van der Waals surface area contributed by atoms with Gasteiger partial charge >= 0.3 is 18.8 Å². The van der Waals surface area contributed by atoms with Crippen LogP contribution in [-0.2, 0) is 20.9 Å². The largest absolute Gasteiger partial charge is 0.758 e. The molecule has 0 bridgehead atoms. The molecule has 8 nitrogen and oxygen atoms in total. The number of aliphatic carboxylic acids is 1. The molecule has 0 spiro atoms. The van der Waals surface area contributed by atoms with Gasteiger partial charge in [-0.25, -0.2) is 0 Å².